The van der Waals surface area contributed by atoms with Gasteiger partial charge in [0.2, 0.25) is 0 Å². The summed E-state index contributed by atoms with van der Waals surface area (Å²) in [7, 11) is 1.61. The van der Waals surface area contributed by atoms with Crippen molar-refractivity contribution in [2.45, 2.75) is 19.8 Å². The van der Waals surface area contributed by atoms with Gasteiger partial charge in [-0.15, -0.1) is 0 Å². The molecule has 1 N–H and O–H groups in total. The lowest BCUT2D eigenvalue weighted by Gasteiger charge is -2.12. The lowest BCUT2D eigenvalue weighted by atomic mass is 10.0. The van der Waals surface area contributed by atoms with Crippen LogP contribution >= 0.6 is 0 Å². The molecule has 0 heterocycles. The van der Waals surface area contributed by atoms with Crippen molar-refractivity contribution in [3.8, 4) is 11.5 Å². The number of nitrogens with zero attached hydrogens (tertiary/aromatic N) is 1. The van der Waals surface area contributed by atoms with Gasteiger partial charge in [-0.2, -0.15) is 5.10 Å². The highest BCUT2D eigenvalue weighted by atomic mass is 16.5. The van der Waals surface area contributed by atoms with E-state index in [0.717, 1.165) is 22.6 Å². The predicted octanol–water partition coefficient (Wildman–Crippen LogP) is 3.35. The highest BCUT2D eigenvalue weighted by Gasteiger charge is 2.08. The summed E-state index contributed by atoms with van der Waals surface area (Å²) in [6.07, 6.45) is 1.57. The number of para-hydroxylation sites is 1. The molecule has 1 amide bonds. The van der Waals surface area contributed by atoms with Crippen LogP contribution in [0.25, 0.3) is 0 Å². The van der Waals surface area contributed by atoms with Crippen molar-refractivity contribution in [1.29, 1.82) is 0 Å². The zero-order chi connectivity index (χ0) is 17.4. The molecule has 0 bridgehead atoms. The Kier molecular flexibility index (Phi) is 6.37. The molecule has 0 unspecified atom stereocenters. The smallest absolute Gasteiger partial charge is 0.277 e. The molecule has 0 saturated carbocycles. The third kappa shape index (κ3) is 5.12. The van der Waals surface area contributed by atoms with E-state index in [1.165, 1.54) is 0 Å². The molecule has 2 aromatic carbocycles. The van der Waals surface area contributed by atoms with Gasteiger partial charge in [-0.05, 0) is 47.4 Å². The van der Waals surface area contributed by atoms with Crippen LogP contribution in [0.3, 0.4) is 0 Å². The van der Waals surface area contributed by atoms with Crippen molar-refractivity contribution in [2.24, 2.45) is 5.10 Å². The van der Waals surface area contributed by atoms with E-state index in [0.29, 0.717) is 5.92 Å². The summed E-state index contributed by atoms with van der Waals surface area (Å²) >= 11 is 0. The standard InChI is InChI=1S/C19H22N2O3/c1-14(2)17-6-4-5-7-18(17)24-13-19(22)21-20-12-15-8-10-16(23-3)11-9-15/h4-12,14H,13H2,1-3H3,(H,21,22)/b20-12+. The number of benzene rings is 2. The van der Waals surface area contributed by atoms with Gasteiger partial charge in [-0.3, -0.25) is 4.79 Å². The number of amides is 1. The van der Waals surface area contributed by atoms with Crippen LogP contribution in [0.15, 0.2) is 53.6 Å². The first-order chi connectivity index (χ1) is 11.6. The molecule has 0 spiro atoms. The van der Waals surface area contributed by atoms with Crippen molar-refractivity contribution in [3.05, 3.63) is 59.7 Å². The molecule has 0 atom stereocenters. The third-order valence-corrected chi connectivity index (χ3v) is 3.42. The second-order valence-electron chi connectivity index (χ2n) is 5.55. The summed E-state index contributed by atoms with van der Waals surface area (Å²) < 4.78 is 10.7. The second-order valence-corrected chi connectivity index (χ2v) is 5.55. The quantitative estimate of drug-likeness (QED) is 0.627. The van der Waals surface area contributed by atoms with Crippen LogP contribution < -0.4 is 14.9 Å². The van der Waals surface area contributed by atoms with E-state index >= 15 is 0 Å². The summed E-state index contributed by atoms with van der Waals surface area (Å²) in [6, 6.07) is 15.1. The van der Waals surface area contributed by atoms with Gasteiger partial charge in [0.25, 0.3) is 5.91 Å². The molecular weight excluding hydrogens is 304 g/mol. The highest BCUT2D eigenvalue weighted by Crippen LogP contribution is 2.25. The predicted molar refractivity (Wildman–Crippen MR) is 94.8 cm³/mol. The van der Waals surface area contributed by atoms with Gasteiger partial charge in [-0.1, -0.05) is 32.0 Å². The number of hydrogen-bond acceptors (Lipinski definition) is 4. The van der Waals surface area contributed by atoms with Crippen LogP contribution in [-0.4, -0.2) is 25.8 Å². The van der Waals surface area contributed by atoms with Gasteiger partial charge >= 0.3 is 0 Å². The van der Waals surface area contributed by atoms with Gasteiger partial charge in [0.1, 0.15) is 11.5 Å². The summed E-state index contributed by atoms with van der Waals surface area (Å²) in [6.45, 7) is 4.09. The molecule has 0 aliphatic heterocycles. The number of rotatable bonds is 7. The van der Waals surface area contributed by atoms with E-state index in [1.807, 2.05) is 48.5 Å². The fraction of sp³-hybridized carbons (Fsp3) is 0.263. The zero-order valence-electron chi connectivity index (χ0n) is 14.2. The van der Waals surface area contributed by atoms with Gasteiger partial charge < -0.3 is 9.47 Å². The maximum absolute atomic E-state index is 11.8. The van der Waals surface area contributed by atoms with E-state index in [2.05, 4.69) is 24.4 Å². The Morgan fingerprint density at radius 1 is 1.17 bits per heavy atom. The first-order valence-electron chi connectivity index (χ1n) is 7.78. The van der Waals surface area contributed by atoms with E-state index < -0.39 is 0 Å². The van der Waals surface area contributed by atoms with Crippen LogP contribution in [0.4, 0.5) is 0 Å². The zero-order valence-corrected chi connectivity index (χ0v) is 14.2. The van der Waals surface area contributed by atoms with Crippen LogP contribution in [0.2, 0.25) is 0 Å². The van der Waals surface area contributed by atoms with E-state index in [-0.39, 0.29) is 12.5 Å². The topological polar surface area (TPSA) is 59.9 Å². The van der Waals surface area contributed by atoms with Gasteiger partial charge in [0, 0.05) is 0 Å². The largest absolute Gasteiger partial charge is 0.497 e. The number of hydrazone groups is 1. The minimum atomic E-state index is -0.307. The van der Waals surface area contributed by atoms with Gasteiger partial charge in [-0.25, -0.2) is 5.43 Å². The van der Waals surface area contributed by atoms with Crippen LogP contribution in [0.5, 0.6) is 11.5 Å². The Morgan fingerprint density at radius 3 is 2.54 bits per heavy atom. The molecule has 0 aliphatic rings. The van der Waals surface area contributed by atoms with E-state index in [4.69, 9.17) is 9.47 Å². The lowest BCUT2D eigenvalue weighted by Crippen LogP contribution is -2.24. The summed E-state index contributed by atoms with van der Waals surface area (Å²) in [5, 5.41) is 3.92. The summed E-state index contributed by atoms with van der Waals surface area (Å²) in [5.74, 6) is 1.52. The number of nitrogens with one attached hydrogen (secondary N) is 1. The Morgan fingerprint density at radius 2 is 1.88 bits per heavy atom. The molecule has 0 aliphatic carbocycles. The third-order valence-electron chi connectivity index (χ3n) is 3.42. The van der Waals surface area contributed by atoms with Crippen LogP contribution in [0, 0.1) is 0 Å². The van der Waals surface area contributed by atoms with E-state index in [9.17, 15) is 4.79 Å². The summed E-state index contributed by atoms with van der Waals surface area (Å²) in [5.41, 5.74) is 4.39. The molecule has 126 valence electrons. The second kappa shape index (κ2) is 8.72. The van der Waals surface area contributed by atoms with Gasteiger partial charge in [0.05, 0.1) is 13.3 Å². The Balaban J connectivity index is 1.84. The molecule has 2 rings (SSSR count). The average molecular weight is 326 g/mol. The molecule has 0 aromatic heterocycles. The van der Waals surface area contributed by atoms with Crippen molar-refractivity contribution in [1.82, 2.24) is 5.43 Å². The SMILES string of the molecule is COc1ccc(/C=N/NC(=O)COc2ccccc2C(C)C)cc1. The molecule has 24 heavy (non-hydrogen) atoms. The molecule has 0 fully saturated rings. The number of ether oxygens (including phenoxy) is 2. The van der Waals surface area contributed by atoms with Crippen molar-refractivity contribution in [3.63, 3.8) is 0 Å². The summed E-state index contributed by atoms with van der Waals surface area (Å²) in [4.78, 5) is 11.8. The molecule has 5 nitrogen and oxygen atoms in total. The minimum Gasteiger partial charge on any atom is -0.497 e. The first-order valence-corrected chi connectivity index (χ1v) is 7.78. The molecular formula is C19H22N2O3. The number of hydrogen-bond donors (Lipinski definition) is 1. The highest BCUT2D eigenvalue weighted by molar-refractivity contribution is 5.83. The monoisotopic (exact) mass is 326 g/mol. The van der Waals surface area contributed by atoms with Crippen molar-refractivity contribution >= 4 is 12.1 Å². The average Bonchev–Trinajstić information content (AvgIpc) is 2.60. The molecule has 0 saturated heterocycles. The van der Waals surface area contributed by atoms with Crippen LogP contribution in [0.1, 0.15) is 30.9 Å². The van der Waals surface area contributed by atoms with Crippen molar-refractivity contribution in [2.75, 3.05) is 13.7 Å². The number of methoxy groups -OCH3 is 1. The fourth-order valence-corrected chi connectivity index (χ4v) is 2.13. The Hall–Kier alpha value is -2.82. The van der Waals surface area contributed by atoms with E-state index in [1.54, 1.807) is 13.3 Å². The Bertz CT molecular complexity index is 694. The normalized spacial score (nSPS) is 10.8. The number of carbonyl (C=O) groups excluding carboxylic acids is 1. The number of carbonyl (C=O) groups is 1. The molecule has 2 aromatic rings. The van der Waals surface area contributed by atoms with Crippen LogP contribution in [-0.2, 0) is 4.79 Å². The maximum Gasteiger partial charge on any atom is 0.277 e. The maximum atomic E-state index is 11.8. The Labute approximate surface area is 142 Å². The lowest BCUT2D eigenvalue weighted by molar-refractivity contribution is -0.123. The fourth-order valence-electron chi connectivity index (χ4n) is 2.13. The molecule has 0 radical (unpaired) electrons. The van der Waals surface area contributed by atoms with Gasteiger partial charge in [0.15, 0.2) is 6.61 Å². The van der Waals surface area contributed by atoms with Crippen molar-refractivity contribution < 1.29 is 14.3 Å². The first kappa shape index (κ1) is 17.5. The molecule has 5 heteroatoms. The minimum absolute atomic E-state index is 0.0797.